The minimum absolute atomic E-state index is 0.0200. The highest BCUT2D eigenvalue weighted by atomic mass is 16.6. The van der Waals surface area contributed by atoms with Crippen LogP contribution in [0.25, 0.3) is 16.6 Å². The van der Waals surface area contributed by atoms with Gasteiger partial charge < -0.3 is 15.7 Å². The molecule has 0 aliphatic carbocycles. The molecule has 0 bridgehead atoms. The Balaban J connectivity index is 1.32. The zero-order valence-electron chi connectivity index (χ0n) is 20.2. The van der Waals surface area contributed by atoms with Gasteiger partial charge in [0.25, 0.3) is 5.91 Å². The van der Waals surface area contributed by atoms with Crippen LogP contribution >= 0.6 is 0 Å². The molecule has 6 rings (SSSR count). The van der Waals surface area contributed by atoms with Crippen LogP contribution in [0.3, 0.4) is 0 Å². The summed E-state index contributed by atoms with van der Waals surface area (Å²) < 4.78 is 6.12. The molecule has 1 amide bonds. The van der Waals surface area contributed by atoms with Gasteiger partial charge in [0.15, 0.2) is 5.69 Å². The number of nitrogen functional groups attached to an aromatic ring is 1. The molecule has 0 atom stereocenters. The molecule has 190 valence electrons. The number of hydrogen-bond acceptors (Lipinski definition) is 10. The molecule has 1 aliphatic heterocycles. The Morgan fingerprint density at radius 2 is 1.97 bits per heavy atom. The summed E-state index contributed by atoms with van der Waals surface area (Å²) in [5.74, 6) is -0.374. The van der Waals surface area contributed by atoms with Crippen LogP contribution in [0.2, 0.25) is 0 Å². The molecule has 38 heavy (non-hydrogen) atoms. The van der Waals surface area contributed by atoms with Crippen molar-refractivity contribution < 1.29 is 14.5 Å². The smallest absolute Gasteiger partial charge is 0.293 e. The first kappa shape index (κ1) is 23.2. The number of benzene rings is 3. The van der Waals surface area contributed by atoms with Crippen molar-refractivity contribution in [3.63, 3.8) is 0 Å². The van der Waals surface area contributed by atoms with Gasteiger partial charge in [0.1, 0.15) is 5.75 Å². The number of aromatic hydroxyl groups is 1. The molecule has 0 unspecified atom stereocenters. The van der Waals surface area contributed by atoms with Crippen LogP contribution in [-0.2, 0) is 13.0 Å². The number of hydrogen-bond donors (Lipinski definition) is 3. The maximum Gasteiger partial charge on any atom is 0.293 e. The van der Waals surface area contributed by atoms with Crippen molar-refractivity contribution in [1.82, 2.24) is 30.7 Å². The Bertz CT molecular complexity index is 1670. The lowest BCUT2D eigenvalue weighted by Crippen LogP contribution is -2.31. The number of nitrogens with zero attached hydrogens (tertiary/aromatic N) is 7. The molecule has 12 heteroatoms. The molecule has 2 aromatic heterocycles. The van der Waals surface area contributed by atoms with E-state index in [0.717, 1.165) is 35.8 Å². The summed E-state index contributed by atoms with van der Waals surface area (Å²) in [5, 5.41) is 31.9. The Morgan fingerprint density at radius 1 is 1.13 bits per heavy atom. The second kappa shape index (κ2) is 9.65. The molecule has 0 spiro atoms. The lowest BCUT2D eigenvalue weighted by Gasteiger charge is -2.31. The number of phenolic OH excluding ortho intramolecular Hbond substituents is 1. The number of phenols is 1. The fourth-order valence-electron chi connectivity index (χ4n) is 4.71. The normalized spacial score (nSPS) is 13.2. The summed E-state index contributed by atoms with van der Waals surface area (Å²) in [6.45, 7) is 1.10. The predicted molar refractivity (Wildman–Crippen MR) is 140 cm³/mol. The van der Waals surface area contributed by atoms with E-state index in [2.05, 4.69) is 48.2 Å². The molecular formula is C26H23N9O3. The number of carbonyl (C=O) groups excluding carboxylic acids is 1. The first-order chi connectivity index (χ1) is 18.6. The van der Waals surface area contributed by atoms with Gasteiger partial charge in [0.2, 0.25) is 11.6 Å². The van der Waals surface area contributed by atoms with E-state index in [-0.39, 0.29) is 23.1 Å². The van der Waals surface area contributed by atoms with Crippen LogP contribution in [0.15, 0.2) is 70.4 Å². The zero-order valence-corrected chi connectivity index (χ0v) is 20.2. The molecule has 5 aromatic rings. The number of hydrazone groups is 1. The lowest BCUT2D eigenvalue weighted by molar-refractivity contribution is 0.0949. The SMILES string of the molecule is Nc1nonc1-n1nnc(C(=O)N/N=C\c2c(O)ccc3ccccc23)c1CN1CCCc2ccccc21. The van der Waals surface area contributed by atoms with Crippen molar-refractivity contribution in [2.75, 3.05) is 17.2 Å². The fraction of sp³-hybridized carbons (Fsp3) is 0.154. The zero-order chi connectivity index (χ0) is 26.1. The van der Waals surface area contributed by atoms with Crippen LogP contribution in [0.5, 0.6) is 5.75 Å². The first-order valence-electron chi connectivity index (χ1n) is 12.0. The number of nitrogens with one attached hydrogen (secondary N) is 1. The minimum atomic E-state index is -0.581. The number of carbonyl (C=O) groups is 1. The van der Waals surface area contributed by atoms with E-state index in [1.807, 2.05) is 42.5 Å². The minimum Gasteiger partial charge on any atom is -0.507 e. The van der Waals surface area contributed by atoms with Gasteiger partial charge in [0, 0.05) is 17.8 Å². The number of amides is 1. The van der Waals surface area contributed by atoms with Crippen LogP contribution in [0, 0.1) is 0 Å². The van der Waals surface area contributed by atoms with E-state index in [1.165, 1.54) is 16.5 Å². The third kappa shape index (κ3) is 4.17. The Kier molecular flexibility index (Phi) is 5.88. The number of anilines is 2. The van der Waals surface area contributed by atoms with Gasteiger partial charge in [0.05, 0.1) is 18.5 Å². The van der Waals surface area contributed by atoms with E-state index in [9.17, 15) is 9.90 Å². The molecule has 1 aliphatic rings. The maximum absolute atomic E-state index is 13.2. The second-order valence-corrected chi connectivity index (χ2v) is 8.84. The number of aryl methyl sites for hydroxylation is 1. The Hall–Kier alpha value is -5.26. The summed E-state index contributed by atoms with van der Waals surface area (Å²) in [7, 11) is 0. The van der Waals surface area contributed by atoms with Crippen molar-refractivity contribution in [1.29, 1.82) is 0 Å². The van der Waals surface area contributed by atoms with Gasteiger partial charge in [-0.1, -0.05) is 53.7 Å². The number of aromatic nitrogens is 5. The third-order valence-electron chi connectivity index (χ3n) is 6.53. The van der Waals surface area contributed by atoms with Gasteiger partial charge in [-0.2, -0.15) is 9.78 Å². The topological polar surface area (TPSA) is 161 Å². The number of nitrogens with two attached hydrogens (primary N) is 1. The van der Waals surface area contributed by atoms with Gasteiger partial charge in [-0.15, -0.1) is 5.10 Å². The summed E-state index contributed by atoms with van der Waals surface area (Å²) in [6, 6.07) is 19.1. The average Bonchev–Trinajstić information content (AvgIpc) is 3.55. The van der Waals surface area contributed by atoms with E-state index in [4.69, 9.17) is 10.4 Å². The fourth-order valence-corrected chi connectivity index (χ4v) is 4.71. The molecule has 3 aromatic carbocycles. The molecule has 3 heterocycles. The van der Waals surface area contributed by atoms with Crippen LogP contribution in [-0.4, -0.2) is 49.1 Å². The molecule has 0 radical (unpaired) electrons. The third-order valence-corrected chi connectivity index (χ3v) is 6.53. The van der Waals surface area contributed by atoms with Gasteiger partial charge in [-0.25, -0.2) is 10.1 Å². The average molecular weight is 510 g/mol. The van der Waals surface area contributed by atoms with E-state index in [1.54, 1.807) is 6.07 Å². The number of fused-ring (bicyclic) bond motifs is 2. The van der Waals surface area contributed by atoms with Crippen LogP contribution < -0.4 is 16.1 Å². The van der Waals surface area contributed by atoms with Crippen molar-refractivity contribution in [3.8, 4) is 11.6 Å². The van der Waals surface area contributed by atoms with Crippen molar-refractivity contribution >= 4 is 34.4 Å². The molecule has 4 N–H and O–H groups in total. The molecular weight excluding hydrogens is 486 g/mol. The highest BCUT2D eigenvalue weighted by Crippen LogP contribution is 2.29. The maximum atomic E-state index is 13.2. The second-order valence-electron chi connectivity index (χ2n) is 8.84. The first-order valence-corrected chi connectivity index (χ1v) is 12.0. The number of para-hydroxylation sites is 1. The Labute approximate surface area is 216 Å². The van der Waals surface area contributed by atoms with E-state index >= 15 is 0 Å². The summed E-state index contributed by atoms with van der Waals surface area (Å²) >= 11 is 0. The number of rotatable bonds is 6. The van der Waals surface area contributed by atoms with Crippen molar-refractivity contribution in [2.24, 2.45) is 5.10 Å². The van der Waals surface area contributed by atoms with Crippen LogP contribution in [0.1, 0.15) is 33.7 Å². The highest BCUT2D eigenvalue weighted by molar-refractivity contribution is 6.03. The molecule has 0 saturated heterocycles. The standard InChI is InChI=1S/C26H23N9O3/c27-24-25(32-38-31-24)35-21(15-34-13-5-8-17-7-2-4-10-20(17)34)23(29-33-35)26(37)30-28-14-19-18-9-3-1-6-16(18)11-12-22(19)36/h1-4,6-7,9-12,14,36H,5,8,13,15H2,(H2,27,31)(H,30,37)/b28-14-. The monoisotopic (exact) mass is 509 g/mol. The predicted octanol–water partition coefficient (Wildman–Crippen LogP) is 2.81. The highest BCUT2D eigenvalue weighted by Gasteiger charge is 2.27. The molecule has 0 fully saturated rings. The van der Waals surface area contributed by atoms with Crippen molar-refractivity contribution in [2.45, 2.75) is 19.4 Å². The van der Waals surface area contributed by atoms with E-state index in [0.29, 0.717) is 17.8 Å². The molecule has 12 nitrogen and oxygen atoms in total. The Morgan fingerprint density at radius 3 is 2.84 bits per heavy atom. The van der Waals surface area contributed by atoms with Gasteiger partial charge >= 0.3 is 0 Å². The van der Waals surface area contributed by atoms with Gasteiger partial charge in [-0.05, 0) is 51.6 Å². The van der Waals surface area contributed by atoms with Crippen molar-refractivity contribution in [3.05, 3.63) is 83.2 Å². The summed E-state index contributed by atoms with van der Waals surface area (Å²) in [4.78, 5) is 15.4. The largest absolute Gasteiger partial charge is 0.507 e. The van der Waals surface area contributed by atoms with E-state index < -0.39 is 5.91 Å². The summed E-state index contributed by atoms with van der Waals surface area (Å²) in [5.41, 5.74) is 11.7. The molecule has 0 saturated carbocycles. The summed E-state index contributed by atoms with van der Waals surface area (Å²) in [6.07, 6.45) is 3.35. The van der Waals surface area contributed by atoms with Gasteiger partial charge in [-0.3, -0.25) is 4.79 Å². The lowest BCUT2D eigenvalue weighted by atomic mass is 10.0. The van der Waals surface area contributed by atoms with Crippen LogP contribution in [0.4, 0.5) is 11.5 Å². The quantitative estimate of drug-likeness (QED) is 0.231.